The van der Waals surface area contributed by atoms with Gasteiger partial charge in [-0.05, 0) is 52.8 Å². The smallest absolute Gasteiger partial charge is 0.224 e. The molecule has 1 fully saturated rings. The first-order chi connectivity index (χ1) is 25.8. The van der Waals surface area contributed by atoms with Crippen molar-refractivity contribution in [2.75, 3.05) is 11.1 Å². The fraction of sp³-hybridized carbons (Fsp3) is 0.293. The number of unbranched alkanes of at least 4 members (excludes halogenated alkanes) is 2. The minimum atomic E-state index is -0.644. The summed E-state index contributed by atoms with van der Waals surface area (Å²) >= 11 is 12.5. The standard InChI is InChI=1S/C41H43Cl2N5O5/c42-39-40(43)48(26-46-39)24-32-22-36(29-16-14-27(25-49)15-17-29)53-41(52-32)30-20-18-28(19-21-30)33-9-5-4-8-31(33)23-45-37(50)12-2-1-3-13-38(51)47-35-11-7-6-10-34(35)44/h4-11,14-21,26,32,36,41,49H,1-3,12-13,22-25,44H2,(H,45,50)(H,47,51). The number of aromatic nitrogens is 2. The van der Waals surface area contributed by atoms with Gasteiger partial charge >= 0.3 is 0 Å². The average Bonchev–Trinajstić information content (AvgIpc) is 3.50. The third-order valence-corrected chi connectivity index (χ3v) is 10.0. The Morgan fingerprint density at radius 1 is 0.849 bits per heavy atom. The predicted octanol–water partition coefficient (Wildman–Crippen LogP) is 8.38. The Kier molecular flexibility index (Phi) is 13.2. The van der Waals surface area contributed by atoms with E-state index in [0.29, 0.717) is 61.7 Å². The van der Waals surface area contributed by atoms with E-state index in [4.69, 9.17) is 38.4 Å². The molecule has 3 unspecified atom stereocenters. The number of imidazole rings is 1. The van der Waals surface area contributed by atoms with Crippen LogP contribution in [0.1, 0.15) is 73.2 Å². The van der Waals surface area contributed by atoms with Crippen LogP contribution in [0.2, 0.25) is 10.3 Å². The summed E-state index contributed by atoms with van der Waals surface area (Å²) in [5.41, 5.74) is 12.7. The number of aliphatic hydroxyl groups excluding tert-OH is 1. The summed E-state index contributed by atoms with van der Waals surface area (Å²) in [6, 6.07) is 31.0. The number of nitrogens with zero attached hydrogens (tertiary/aromatic N) is 2. The number of nitrogen functional groups attached to an aromatic ring is 1. The van der Waals surface area contributed by atoms with Gasteiger partial charge in [-0.2, -0.15) is 0 Å². The highest BCUT2D eigenvalue weighted by atomic mass is 35.5. The summed E-state index contributed by atoms with van der Waals surface area (Å²) in [5.74, 6) is -0.117. The Labute approximate surface area is 319 Å². The number of para-hydroxylation sites is 2. The monoisotopic (exact) mass is 755 g/mol. The van der Waals surface area contributed by atoms with Crippen LogP contribution >= 0.6 is 23.2 Å². The van der Waals surface area contributed by atoms with Crippen molar-refractivity contribution in [1.29, 1.82) is 0 Å². The number of amides is 2. The fourth-order valence-corrected chi connectivity index (χ4v) is 6.67. The lowest BCUT2D eigenvalue weighted by Crippen LogP contribution is -2.32. The molecule has 5 aromatic rings. The maximum Gasteiger partial charge on any atom is 0.224 e. The average molecular weight is 757 g/mol. The lowest BCUT2D eigenvalue weighted by Gasteiger charge is -2.36. The van der Waals surface area contributed by atoms with Crippen LogP contribution in [0, 0.1) is 0 Å². The quantitative estimate of drug-likeness (QED) is 0.0622. The lowest BCUT2D eigenvalue weighted by molar-refractivity contribution is -0.252. The van der Waals surface area contributed by atoms with Gasteiger partial charge in [-0.15, -0.1) is 0 Å². The maximum absolute atomic E-state index is 12.7. The fourth-order valence-electron chi connectivity index (χ4n) is 6.35. The normalized spacial score (nSPS) is 17.0. The largest absolute Gasteiger partial charge is 0.397 e. The number of carbonyl (C=O) groups is 2. The summed E-state index contributed by atoms with van der Waals surface area (Å²) in [7, 11) is 0. The molecule has 2 heterocycles. The molecule has 0 saturated carbocycles. The molecule has 0 aliphatic carbocycles. The van der Waals surface area contributed by atoms with Gasteiger partial charge in [0.15, 0.2) is 11.4 Å². The van der Waals surface area contributed by atoms with Crippen LogP contribution in [-0.2, 0) is 38.8 Å². The molecule has 276 valence electrons. The number of benzene rings is 4. The molecule has 10 nitrogen and oxygen atoms in total. The van der Waals surface area contributed by atoms with Gasteiger partial charge in [0, 0.05) is 31.4 Å². The Balaban J connectivity index is 1.04. The van der Waals surface area contributed by atoms with Crippen LogP contribution < -0.4 is 16.4 Å². The Bertz CT molecular complexity index is 1990. The number of carbonyl (C=O) groups excluding carboxylic acids is 2. The Hall–Kier alpha value is -4.71. The molecule has 0 radical (unpaired) electrons. The van der Waals surface area contributed by atoms with Crippen molar-refractivity contribution < 1.29 is 24.2 Å². The molecule has 2 amide bonds. The van der Waals surface area contributed by atoms with Crippen molar-refractivity contribution >= 4 is 46.4 Å². The zero-order chi connectivity index (χ0) is 37.2. The van der Waals surface area contributed by atoms with Gasteiger partial charge in [0.2, 0.25) is 11.8 Å². The van der Waals surface area contributed by atoms with E-state index in [2.05, 4.69) is 15.6 Å². The summed E-state index contributed by atoms with van der Waals surface area (Å²) < 4.78 is 14.8. The van der Waals surface area contributed by atoms with E-state index in [1.165, 1.54) is 0 Å². The number of nitrogens with one attached hydrogen (secondary N) is 2. The molecule has 53 heavy (non-hydrogen) atoms. The zero-order valence-electron chi connectivity index (χ0n) is 29.2. The third kappa shape index (κ3) is 10.2. The van der Waals surface area contributed by atoms with Gasteiger partial charge < -0.3 is 35.5 Å². The maximum atomic E-state index is 12.7. The SMILES string of the molecule is Nc1ccccc1NC(=O)CCCCCC(=O)NCc1ccccc1-c1ccc(C2OC(Cn3cnc(Cl)c3Cl)CC(c3ccc(CO)cc3)O2)cc1. The topological polar surface area (TPSA) is 141 Å². The molecule has 0 spiro atoms. The van der Waals surface area contributed by atoms with Crippen molar-refractivity contribution in [3.63, 3.8) is 0 Å². The van der Waals surface area contributed by atoms with Gasteiger partial charge in [-0.25, -0.2) is 4.98 Å². The molecule has 12 heteroatoms. The Morgan fingerprint density at radius 2 is 1.55 bits per heavy atom. The number of hydrogen-bond acceptors (Lipinski definition) is 7. The number of ether oxygens (including phenoxy) is 2. The van der Waals surface area contributed by atoms with Crippen molar-refractivity contribution in [1.82, 2.24) is 14.9 Å². The molecule has 4 aromatic carbocycles. The minimum absolute atomic E-state index is 0.0300. The Morgan fingerprint density at radius 3 is 2.26 bits per heavy atom. The molecular weight excluding hydrogens is 713 g/mol. The van der Waals surface area contributed by atoms with Gasteiger partial charge in [0.05, 0.1) is 43.1 Å². The van der Waals surface area contributed by atoms with Crippen molar-refractivity contribution in [3.8, 4) is 11.1 Å². The van der Waals surface area contributed by atoms with Crippen LogP contribution in [0.4, 0.5) is 11.4 Å². The summed E-state index contributed by atoms with van der Waals surface area (Å²) in [6.45, 7) is 0.811. The van der Waals surface area contributed by atoms with Crippen molar-refractivity contribution in [2.45, 2.75) is 76.7 Å². The summed E-state index contributed by atoms with van der Waals surface area (Å²) in [4.78, 5) is 29.1. The molecule has 1 aliphatic rings. The van der Waals surface area contributed by atoms with Gasteiger partial charge in [-0.1, -0.05) is 115 Å². The second-order valence-corrected chi connectivity index (χ2v) is 13.8. The molecule has 5 N–H and O–H groups in total. The van der Waals surface area contributed by atoms with E-state index in [1.54, 1.807) is 23.0 Å². The van der Waals surface area contributed by atoms with E-state index in [0.717, 1.165) is 39.8 Å². The number of nitrogens with two attached hydrogens (primary N) is 1. The van der Waals surface area contributed by atoms with Crippen LogP contribution in [0.3, 0.4) is 0 Å². The van der Waals surface area contributed by atoms with E-state index >= 15 is 0 Å². The van der Waals surface area contributed by atoms with Crippen molar-refractivity contribution in [3.05, 3.63) is 136 Å². The number of rotatable bonds is 15. The first-order valence-electron chi connectivity index (χ1n) is 17.7. The number of halogens is 2. The third-order valence-electron chi connectivity index (χ3n) is 9.28. The van der Waals surface area contributed by atoms with Gasteiger partial charge in [-0.3, -0.25) is 9.59 Å². The second-order valence-electron chi connectivity index (χ2n) is 13.1. The van der Waals surface area contributed by atoms with Crippen LogP contribution in [0.15, 0.2) is 103 Å². The summed E-state index contributed by atoms with van der Waals surface area (Å²) in [6.07, 6.45) is 3.95. The molecule has 1 saturated heterocycles. The van der Waals surface area contributed by atoms with E-state index in [1.807, 2.05) is 84.9 Å². The minimum Gasteiger partial charge on any atom is -0.397 e. The van der Waals surface area contributed by atoms with Crippen LogP contribution in [0.25, 0.3) is 11.1 Å². The predicted molar refractivity (Wildman–Crippen MR) is 207 cm³/mol. The first-order valence-corrected chi connectivity index (χ1v) is 18.5. The highest BCUT2D eigenvalue weighted by Gasteiger charge is 2.33. The highest BCUT2D eigenvalue weighted by molar-refractivity contribution is 6.40. The lowest BCUT2D eigenvalue weighted by atomic mass is 9.97. The molecule has 3 atom stereocenters. The van der Waals surface area contributed by atoms with E-state index in [9.17, 15) is 14.7 Å². The molecule has 1 aliphatic heterocycles. The number of hydrogen-bond donors (Lipinski definition) is 4. The molecule has 1 aromatic heterocycles. The second kappa shape index (κ2) is 18.4. The molecule has 6 rings (SSSR count). The van der Waals surface area contributed by atoms with Gasteiger partial charge in [0.1, 0.15) is 5.15 Å². The van der Waals surface area contributed by atoms with Crippen molar-refractivity contribution in [2.24, 2.45) is 0 Å². The number of aliphatic hydroxyl groups is 1. The summed E-state index contributed by atoms with van der Waals surface area (Å²) in [5, 5.41) is 16.0. The zero-order valence-corrected chi connectivity index (χ0v) is 30.7. The van der Waals surface area contributed by atoms with Crippen LogP contribution in [0.5, 0.6) is 0 Å². The van der Waals surface area contributed by atoms with Gasteiger partial charge in [0.25, 0.3) is 0 Å². The van der Waals surface area contributed by atoms with E-state index in [-0.39, 0.29) is 35.8 Å². The highest BCUT2D eigenvalue weighted by Crippen LogP contribution is 2.39. The van der Waals surface area contributed by atoms with Crippen LogP contribution in [-0.4, -0.2) is 32.6 Å². The van der Waals surface area contributed by atoms with E-state index < -0.39 is 6.29 Å². The molecule has 0 bridgehead atoms. The number of anilines is 2. The first kappa shape index (κ1) is 38.0. The molecular formula is C41H43Cl2N5O5.